The first-order chi connectivity index (χ1) is 12.6. The topological polar surface area (TPSA) is 58.6 Å². The summed E-state index contributed by atoms with van der Waals surface area (Å²) in [6.07, 6.45) is 7.77. The Morgan fingerprint density at radius 3 is 2.65 bits per heavy atom. The summed E-state index contributed by atoms with van der Waals surface area (Å²) in [6.45, 7) is 6.77. The standard InChI is InChI=1S/C20H30N2O3S/c1-3-25-20(24)18-15-9-8-14(2)12-16(15)26-19(18)21-17(23)13-22-10-6-4-5-7-11-22/h14H,3-13H2,1-2H3,(H,21,23)/t14-/m1/s1. The molecule has 0 spiro atoms. The van der Waals surface area contributed by atoms with Crippen LogP contribution in [0.25, 0.3) is 0 Å². The summed E-state index contributed by atoms with van der Waals surface area (Å²) in [4.78, 5) is 28.6. The molecule has 1 aromatic rings. The summed E-state index contributed by atoms with van der Waals surface area (Å²) in [7, 11) is 0. The first-order valence-electron chi connectivity index (χ1n) is 9.92. The van der Waals surface area contributed by atoms with Crippen molar-refractivity contribution in [3.8, 4) is 0 Å². The van der Waals surface area contributed by atoms with Crippen LogP contribution in [0.15, 0.2) is 0 Å². The average Bonchev–Trinajstić information content (AvgIpc) is 2.76. The number of esters is 1. The van der Waals surface area contributed by atoms with E-state index in [0.29, 0.717) is 29.6 Å². The Bertz CT molecular complexity index is 648. The van der Waals surface area contributed by atoms with Gasteiger partial charge in [-0.15, -0.1) is 11.3 Å². The minimum absolute atomic E-state index is 0.0240. The van der Waals surface area contributed by atoms with Crippen LogP contribution in [0.1, 0.15) is 66.8 Å². The van der Waals surface area contributed by atoms with Gasteiger partial charge in [-0.25, -0.2) is 4.79 Å². The number of amides is 1. The number of carbonyl (C=O) groups is 2. The van der Waals surface area contributed by atoms with Crippen molar-refractivity contribution in [3.05, 3.63) is 16.0 Å². The molecular weight excluding hydrogens is 348 g/mol. The molecule has 1 fully saturated rings. The molecule has 2 aliphatic rings. The van der Waals surface area contributed by atoms with Gasteiger partial charge in [-0.1, -0.05) is 19.8 Å². The van der Waals surface area contributed by atoms with E-state index >= 15 is 0 Å². The molecule has 1 saturated heterocycles. The summed E-state index contributed by atoms with van der Waals surface area (Å²) >= 11 is 1.56. The highest BCUT2D eigenvalue weighted by atomic mass is 32.1. The monoisotopic (exact) mass is 378 g/mol. The zero-order chi connectivity index (χ0) is 18.5. The van der Waals surface area contributed by atoms with E-state index in [-0.39, 0.29) is 11.9 Å². The minimum Gasteiger partial charge on any atom is -0.462 e. The normalized spacial score (nSPS) is 20.9. The Labute approximate surface area is 160 Å². The van der Waals surface area contributed by atoms with E-state index in [9.17, 15) is 9.59 Å². The Balaban J connectivity index is 1.75. The number of ether oxygens (including phenoxy) is 1. The minimum atomic E-state index is -0.301. The molecule has 5 nitrogen and oxygen atoms in total. The third kappa shape index (κ3) is 4.65. The van der Waals surface area contributed by atoms with Crippen LogP contribution in [0, 0.1) is 5.92 Å². The van der Waals surface area contributed by atoms with Gasteiger partial charge in [0, 0.05) is 4.88 Å². The maximum Gasteiger partial charge on any atom is 0.341 e. The van der Waals surface area contributed by atoms with E-state index in [1.165, 1.54) is 17.7 Å². The molecule has 1 aliphatic heterocycles. The maximum atomic E-state index is 12.6. The second kappa shape index (κ2) is 9.00. The fourth-order valence-corrected chi connectivity index (χ4v) is 5.34. The molecule has 2 heterocycles. The van der Waals surface area contributed by atoms with Crippen molar-refractivity contribution in [2.45, 2.75) is 58.8 Å². The molecule has 0 radical (unpaired) electrons. The van der Waals surface area contributed by atoms with Crippen molar-refractivity contribution in [2.24, 2.45) is 5.92 Å². The quantitative estimate of drug-likeness (QED) is 0.791. The van der Waals surface area contributed by atoms with E-state index in [4.69, 9.17) is 4.74 Å². The van der Waals surface area contributed by atoms with Crippen molar-refractivity contribution in [1.29, 1.82) is 0 Å². The highest BCUT2D eigenvalue weighted by Crippen LogP contribution is 2.40. The van der Waals surface area contributed by atoms with Gasteiger partial charge >= 0.3 is 5.97 Å². The zero-order valence-corrected chi connectivity index (χ0v) is 16.8. The molecule has 6 heteroatoms. The van der Waals surface area contributed by atoms with Crippen LogP contribution in [0.5, 0.6) is 0 Å². The third-order valence-corrected chi connectivity index (χ3v) is 6.48. The predicted octanol–water partition coefficient (Wildman–Crippen LogP) is 3.86. The summed E-state index contributed by atoms with van der Waals surface area (Å²) in [5, 5.41) is 3.71. The lowest BCUT2D eigenvalue weighted by atomic mass is 9.88. The van der Waals surface area contributed by atoms with Gasteiger partial charge in [0.25, 0.3) is 0 Å². The Morgan fingerprint density at radius 2 is 1.96 bits per heavy atom. The fourth-order valence-electron chi connectivity index (χ4n) is 3.92. The second-order valence-corrected chi connectivity index (χ2v) is 8.62. The second-order valence-electron chi connectivity index (χ2n) is 7.51. The smallest absolute Gasteiger partial charge is 0.341 e. The van der Waals surface area contributed by atoms with Crippen molar-refractivity contribution in [3.63, 3.8) is 0 Å². The van der Waals surface area contributed by atoms with Crippen molar-refractivity contribution >= 4 is 28.2 Å². The summed E-state index contributed by atoms with van der Waals surface area (Å²) in [5.74, 6) is 0.297. The molecule has 1 aromatic heterocycles. The molecule has 1 N–H and O–H groups in total. The maximum absolute atomic E-state index is 12.6. The number of fused-ring (bicyclic) bond motifs is 1. The van der Waals surface area contributed by atoms with Gasteiger partial charge in [-0.2, -0.15) is 0 Å². The number of rotatable bonds is 5. The Hall–Kier alpha value is -1.40. The van der Waals surface area contributed by atoms with E-state index in [1.54, 1.807) is 11.3 Å². The molecule has 1 aliphatic carbocycles. The third-order valence-electron chi connectivity index (χ3n) is 5.31. The summed E-state index contributed by atoms with van der Waals surface area (Å²) < 4.78 is 5.27. The van der Waals surface area contributed by atoms with Gasteiger partial charge in [0.1, 0.15) is 5.00 Å². The van der Waals surface area contributed by atoms with Crippen LogP contribution >= 0.6 is 11.3 Å². The number of likely N-dealkylation sites (tertiary alicyclic amines) is 1. The number of nitrogens with one attached hydrogen (secondary N) is 1. The van der Waals surface area contributed by atoms with Gasteiger partial charge in [-0.3, -0.25) is 9.69 Å². The predicted molar refractivity (Wildman–Crippen MR) is 105 cm³/mol. The molecule has 3 rings (SSSR count). The molecule has 0 aromatic carbocycles. The van der Waals surface area contributed by atoms with Gasteiger partial charge in [0.2, 0.25) is 5.91 Å². The highest BCUT2D eigenvalue weighted by molar-refractivity contribution is 7.17. The molecule has 0 bridgehead atoms. The first-order valence-corrected chi connectivity index (χ1v) is 10.7. The molecule has 1 amide bonds. The van der Waals surface area contributed by atoms with Crippen LogP contribution in [0.2, 0.25) is 0 Å². The molecule has 1 atom stereocenters. The van der Waals surface area contributed by atoms with Gasteiger partial charge in [-0.05, 0) is 63.6 Å². The number of carbonyl (C=O) groups excluding carboxylic acids is 2. The molecule has 144 valence electrons. The summed E-state index contributed by atoms with van der Waals surface area (Å²) in [5.41, 5.74) is 1.69. The first kappa shape index (κ1) is 19.4. The van der Waals surface area contributed by atoms with Crippen LogP contribution in [-0.4, -0.2) is 43.0 Å². The van der Waals surface area contributed by atoms with Crippen LogP contribution in [0.4, 0.5) is 5.00 Å². The lowest BCUT2D eigenvalue weighted by molar-refractivity contribution is -0.117. The number of thiophene rings is 1. The number of hydrogen-bond acceptors (Lipinski definition) is 5. The Morgan fingerprint density at radius 1 is 1.23 bits per heavy atom. The molecule has 0 saturated carbocycles. The van der Waals surface area contributed by atoms with Crippen LogP contribution in [-0.2, 0) is 22.4 Å². The van der Waals surface area contributed by atoms with Crippen LogP contribution in [0.3, 0.4) is 0 Å². The summed E-state index contributed by atoms with van der Waals surface area (Å²) in [6, 6.07) is 0. The fraction of sp³-hybridized carbons (Fsp3) is 0.700. The zero-order valence-electron chi connectivity index (χ0n) is 15.9. The van der Waals surface area contributed by atoms with E-state index in [0.717, 1.165) is 50.8 Å². The molecular formula is C20H30N2O3S. The average molecular weight is 379 g/mol. The van der Waals surface area contributed by atoms with Gasteiger partial charge in [0.15, 0.2) is 0 Å². The molecule has 0 unspecified atom stereocenters. The molecule has 26 heavy (non-hydrogen) atoms. The van der Waals surface area contributed by atoms with Crippen molar-refractivity contribution in [2.75, 3.05) is 31.6 Å². The number of nitrogens with zero attached hydrogens (tertiary/aromatic N) is 1. The lowest BCUT2D eigenvalue weighted by Gasteiger charge is -2.19. The van der Waals surface area contributed by atoms with Gasteiger partial charge in [0.05, 0.1) is 18.7 Å². The largest absolute Gasteiger partial charge is 0.462 e. The van der Waals surface area contributed by atoms with Gasteiger partial charge < -0.3 is 10.1 Å². The SMILES string of the molecule is CCOC(=O)c1c(NC(=O)CN2CCCCCC2)sc2c1CC[C@@H](C)C2. The highest BCUT2D eigenvalue weighted by Gasteiger charge is 2.29. The Kier molecular flexibility index (Phi) is 6.70. The van der Waals surface area contributed by atoms with Crippen molar-refractivity contribution < 1.29 is 14.3 Å². The number of anilines is 1. The van der Waals surface area contributed by atoms with Crippen LogP contribution < -0.4 is 5.32 Å². The van der Waals surface area contributed by atoms with E-state index in [2.05, 4.69) is 17.1 Å². The van der Waals surface area contributed by atoms with E-state index in [1.807, 2.05) is 6.92 Å². The number of hydrogen-bond donors (Lipinski definition) is 1. The van der Waals surface area contributed by atoms with E-state index < -0.39 is 0 Å². The van der Waals surface area contributed by atoms with Crippen molar-refractivity contribution in [1.82, 2.24) is 4.90 Å². The lowest BCUT2D eigenvalue weighted by Crippen LogP contribution is -2.34.